The normalized spacial score (nSPS) is 11.0. The molecule has 1 aromatic heterocycles. The SMILES string of the molecule is COc1ccc(NC=C(C#N)c2nc(-c3ccc(Cl)cc3)cs2)cc1. The first-order valence-electron chi connectivity index (χ1n) is 7.42. The topological polar surface area (TPSA) is 57.9 Å². The van der Waals surface area contributed by atoms with E-state index in [2.05, 4.69) is 16.4 Å². The second-order valence-electron chi connectivity index (χ2n) is 5.09. The Balaban J connectivity index is 1.78. The molecule has 3 aromatic rings. The van der Waals surface area contributed by atoms with Gasteiger partial charge in [-0.15, -0.1) is 11.3 Å². The Labute approximate surface area is 155 Å². The van der Waals surface area contributed by atoms with Crippen LogP contribution < -0.4 is 10.1 Å². The van der Waals surface area contributed by atoms with Crippen molar-refractivity contribution in [2.24, 2.45) is 0 Å². The van der Waals surface area contributed by atoms with Crippen LogP contribution in [0, 0.1) is 11.3 Å². The van der Waals surface area contributed by atoms with Gasteiger partial charge in [-0.3, -0.25) is 0 Å². The molecule has 0 unspecified atom stereocenters. The fourth-order valence-electron chi connectivity index (χ4n) is 2.14. The third-order valence-corrected chi connectivity index (χ3v) is 4.60. The number of nitriles is 1. The van der Waals surface area contributed by atoms with Crippen LogP contribution in [0.3, 0.4) is 0 Å². The van der Waals surface area contributed by atoms with E-state index in [1.807, 2.05) is 53.9 Å². The smallest absolute Gasteiger partial charge is 0.136 e. The highest BCUT2D eigenvalue weighted by Crippen LogP contribution is 2.27. The van der Waals surface area contributed by atoms with Gasteiger partial charge in [-0.1, -0.05) is 23.7 Å². The number of ether oxygens (including phenoxy) is 1. The largest absolute Gasteiger partial charge is 0.497 e. The summed E-state index contributed by atoms with van der Waals surface area (Å²) >= 11 is 7.34. The van der Waals surface area contributed by atoms with Crippen LogP contribution in [0.5, 0.6) is 5.75 Å². The maximum atomic E-state index is 9.43. The Bertz CT molecular complexity index is 925. The van der Waals surface area contributed by atoms with Crippen molar-refractivity contribution in [3.63, 3.8) is 0 Å². The molecule has 0 saturated carbocycles. The number of aromatic nitrogens is 1. The summed E-state index contributed by atoms with van der Waals surface area (Å²) < 4.78 is 5.13. The molecule has 6 heteroatoms. The Hall–Kier alpha value is -2.81. The van der Waals surface area contributed by atoms with Crippen LogP contribution in [-0.2, 0) is 0 Å². The number of hydrogen-bond donors (Lipinski definition) is 1. The molecule has 25 heavy (non-hydrogen) atoms. The van der Waals surface area contributed by atoms with E-state index in [0.717, 1.165) is 22.7 Å². The zero-order valence-corrected chi connectivity index (χ0v) is 14.9. The molecule has 0 bridgehead atoms. The molecule has 124 valence electrons. The molecule has 0 radical (unpaired) electrons. The average molecular weight is 368 g/mol. The quantitative estimate of drug-likeness (QED) is 0.609. The summed E-state index contributed by atoms with van der Waals surface area (Å²) in [7, 11) is 1.62. The molecule has 1 heterocycles. The van der Waals surface area contributed by atoms with Crippen molar-refractivity contribution in [2.45, 2.75) is 0 Å². The highest BCUT2D eigenvalue weighted by Gasteiger charge is 2.09. The van der Waals surface area contributed by atoms with E-state index in [-0.39, 0.29) is 0 Å². The molecule has 0 atom stereocenters. The van der Waals surface area contributed by atoms with Gasteiger partial charge < -0.3 is 10.1 Å². The summed E-state index contributed by atoms with van der Waals surface area (Å²) in [6.07, 6.45) is 1.66. The molecule has 1 N–H and O–H groups in total. The van der Waals surface area contributed by atoms with Crippen LogP contribution >= 0.6 is 22.9 Å². The Morgan fingerprint density at radius 1 is 1.20 bits per heavy atom. The number of halogens is 1. The standard InChI is InChI=1S/C19H14ClN3OS/c1-24-17-8-6-16(7-9-17)22-11-14(10-21)19-23-18(12-25-19)13-2-4-15(20)5-3-13/h2-9,11-12,22H,1H3. The summed E-state index contributed by atoms with van der Waals surface area (Å²) in [6, 6.07) is 17.1. The van der Waals surface area contributed by atoms with Gasteiger partial charge in [-0.25, -0.2) is 4.98 Å². The van der Waals surface area contributed by atoms with E-state index in [1.165, 1.54) is 11.3 Å². The molecule has 0 aliphatic carbocycles. The highest BCUT2D eigenvalue weighted by atomic mass is 35.5. The van der Waals surface area contributed by atoms with Crippen molar-refractivity contribution in [2.75, 3.05) is 12.4 Å². The van der Waals surface area contributed by atoms with Crippen molar-refractivity contribution in [1.29, 1.82) is 5.26 Å². The van der Waals surface area contributed by atoms with E-state index in [0.29, 0.717) is 15.6 Å². The molecule has 0 spiro atoms. The number of hydrogen-bond acceptors (Lipinski definition) is 5. The maximum absolute atomic E-state index is 9.43. The van der Waals surface area contributed by atoms with Crippen molar-refractivity contribution in [1.82, 2.24) is 4.98 Å². The molecule has 3 rings (SSSR count). The molecular weight excluding hydrogens is 354 g/mol. The lowest BCUT2D eigenvalue weighted by Gasteiger charge is -2.03. The minimum absolute atomic E-state index is 0.473. The second-order valence-corrected chi connectivity index (χ2v) is 6.38. The van der Waals surface area contributed by atoms with Crippen LogP contribution in [0.1, 0.15) is 5.01 Å². The first kappa shape index (κ1) is 17.0. The van der Waals surface area contributed by atoms with Gasteiger partial charge in [0.2, 0.25) is 0 Å². The molecule has 0 fully saturated rings. The first-order valence-corrected chi connectivity index (χ1v) is 8.68. The fourth-order valence-corrected chi connectivity index (χ4v) is 3.06. The monoisotopic (exact) mass is 367 g/mol. The van der Waals surface area contributed by atoms with E-state index in [1.54, 1.807) is 13.3 Å². The third-order valence-electron chi connectivity index (χ3n) is 3.47. The third kappa shape index (κ3) is 4.18. The maximum Gasteiger partial charge on any atom is 0.136 e. The Kier molecular flexibility index (Phi) is 5.34. The number of benzene rings is 2. The van der Waals surface area contributed by atoms with Gasteiger partial charge in [0.25, 0.3) is 0 Å². The van der Waals surface area contributed by atoms with E-state index in [9.17, 15) is 5.26 Å². The van der Waals surface area contributed by atoms with Crippen LogP contribution in [0.2, 0.25) is 5.02 Å². The number of anilines is 1. The van der Waals surface area contributed by atoms with Crippen molar-refractivity contribution in [3.05, 3.63) is 70.1 Å². The first-order chi connectivity index (χ1) is 12.2. The molecular formula is C19H14ClN3OS. The summed E-state index contributed by atoms with van der Waals surface area (Å²) in [5.41, 5.74) is 3.12. The molecule has 2 aromatic carbocycles. The van der Waals surface area contributed by atoms with E-state index >= 15 is 0 Å². The zero-order valence-electron chi connectivity index (χ0n) is 13.4. The number of nitrogens with one attached hydrogen (secondary N) is 1. The van der Waals surface area contributed by atoms with Gasteiger partial charge in [0.05, 0.1) is 12.8 Å². The van der Waals surface area contributed by atoms with Crippen LogP contribution in [0.25, 0.3) is 16.8 Å². The van der Waals surface area contributed by atoms with Gasteiger partial charge in [-0.05, 0) is 36.4 Å². The van der Waals surface area contributed by atoms with E-state index < -0.39 is 0 Å². The highest BCUT2D eigenvalue weighted by molar-refractivity contribution is 7.11. The lowest BCUT2D eigenvalue weighted by molar-refractivity contribution is 0.415. The summed E-state index contributed by atoms with van der Waals surface area (Å²) in [5.74, 6) is 0.780. The number of nitrogens with zero attached hydrogens (tertiary/aromatic N) is 2. The minimum Gasteiger partial charge on any atom is -0.497 e. The summed E-state index contributed by atoms with van der Waals surface area (Å²) in [5, 5.41) is 15.8. The number of rotatable bonds is 5. The molecule has 0 amide bonds. The predicted octanol–water partition coefficient (Wildman–Crippen LogP) is 5.45. The van der Waals surface area contributed by atoms with E-state index in [4.69, 9.17) is 16.3 Å². The number of methoxy groups -OCH3 is 1. The summed E-state index contributed by atoms with van der Waals surface area (Å²) in [4.78, 5) is 4.55. The number of thiazole rings is 1. The van der Waals surface area contributed by atoms with Crippen LogP contribution in [0.4, 0.5) is 5.69 Å². The Morgan fingerprint density at radius 3 is 2.56 bits per heavy atom. The van der Waals surface area contributed by atoms with Gasteiger partial charge >= 0.3 is 0 Å². The van der Waals surface area contributed by atoms with Crippen molar-refractivity contribution < 1.29 is 4.74 Å². The second kappa shape index (κ2) is 7.84. The van der Waals surface area contributed by atoms with Crippen LogP contribution in [-0.4, -0.2) is 12.1 Å². The minimum atomic E-state index is 0.473. The molecule has 4 nitrogen and oxygen atoms in total. The summed E-state index contributed by atoms with van der Waals surface area (Å²) in [6.45, 7) is 0. The Morgan fingerprint density at radius 2 is 1.92 bits per heavy atom. The molecule has 0 saturated heterocycles. The lowest BCUT2D eigenvalue weighted by Crippen LogP contribution is -1.91. The zero-order chi connectivity index (χ0) is 17.6. The van der Waals surface area contributed by atoms with Gasteiger partial charge in [0.15, 0.2) is 0 Å². The number of allylic oxidation sites excluding steroid dienone is 1. The van der Waals surface area contributed by atoms with Gasteiger partial charge in [0, 0.05) is 27.9 Å². The fraction of sp³-hybridized carbons (Fsp3) is 0.0526. The van der Waals surface area contributed by atoms with Crippen molar-refractivity contribution >= 4 is 34.2 Å². The average Bonchev–Trinajstić information content (AvgIpc) is 3.13. The lowest BCUT2D eigenvalue weighted by atomic mass is 10.2. The van der Waals surface area contributed by atoms with Crippen molar-refractivity contribution in [3.8, 4) is 23.1 Å². The predicted molar refractivity (Wildman–Crippen MR) is 103 cm³/mol. The van der Waals surface area contributed by atoms with Gasteiger partial charge in [-0.2, -0.15) is 5.26 Å². The van der Waals surface area contributed by atoms with Gasteiger partial charge in [0.1, 0.15) is 22.4 Å². The molecule has 0 aliphatic rings. The molecule has 0 aliphatic heterocycles. The van der Waals surface area contributed by atoms with Crippen LogP contribution in [0.15, 0.2) is 60.1 Å².